The Morgan fingerprint density at radius 2 is 1.89 bits per heavy atom. The molecule has 94 valence electrons. The number of phenols is 1. The van der Waals surface area contributed by atoms with E-state index >= 15 is 0 Å². The van der Waals surface area contributed by atoms with Crippen molar-refractivity contribution in [2.45, 2.75) is 17.8 Å². The number of allylic oxidation sites excluding steroid dienone is 4. The summed E-state index contributed by atoms with van der Waals surface area (Å²) in [7, 11) is 1.55. The summed E-state index contributed by atoms with van der Waals surface area (Å²) in [5.41, 5.74) is 2.59. The van der Waals surface area contributed by atoms with E-state index in [0.717, 1.165) is 29.3 Å². The lowest BCUT2D eigenvalue weighted by Crippen LogP contribution is -2.32. The molecule has 0 amide bonds. The Bertz CT molecular complexity index is 727. The van der Waals surface area contributed by atoms with Crippen molar-refractivity contribution in [3.8, 4) is 5.75 Å². The fraction of sp³-hybridized carbons (Fsp3) is 0.200. The lowest BCUT2D eigenvalue weighted by Gasteiger charge is -2.33. The molecule has 0 atom stereocenters. The zero-order valence-electron chi connectivity index (χ0n) is 10.8. The van der Waals surface area contributed by atoms with Gasteiger partial charge in [-0.3, -0.25) is 0 Å². The van der Waals surface area contributed by atoms with E-state index in [4.69, 9.17) is 11.6 Å². The topological polar surface area (TPSA) is 20.2 Å². The normalized spacial score (nSPS) is 19.2. The van der Waals surface area contributed by atoms with Crippen LogP contribution >= 0.6 is 11.6 Å². The second-order valence-electron chi connectivity index (χ2n) is 4.73. The summed E-state index contributed by atoms with van der Waals surface area (Å²) in [5, 5.41) is 12.8. The van der Waals surface area contributed by atoms with Crippen LogP contribution in [-0.2, 0) is 0 Å². The molecule has 3 rings (SSSR count). The number of aromatic hydroxyl groups is 1. The first-order chi connectivity index (χ1) is 9.09. The van der Waals surface area contributed by atoms with Crippen molar-refractivity contribution in [2.75, 3.05) is 0 Å². The summed E-state index contributed by atoms with van der Waals surface area (Å²) in [5.74, 6) is 0.317. The molecule has 19 heavy (non-hydrogen) atoms. The zero-order valence-corrected chi connectivity index (χ0v) is 13.5. The molecule has 1 N–H and O–H groups in total. The van der Waals surface area contributed by atoms with E-state index in [1.165, 1.54) is 16.4 Å². The molecule has 0 saturated carbocycles. The fourth-order valence-electron chi connectivity index (χ4n) is 2.83. The molecule has 0 aliphatic heterocycles. The summed E-state index contributed by atoms with van der Waals surface area (Å²) < 4.78 is 0.0693. The number of hydrogen-bond acceptors (Lipinski definition) is 1. The summed E-state index contributed by atoms with van der Waals surface area (Å²) in [6.07, 6.45) is 6.38. The summed E-state index contributed by atoms with van der Waals surface area (Å²) in [6, 6.07) is 5.63. The first-order valence-electron chi connectivity index (χ1n) is 6.13. The third kappa shape index (κ3) is 1.88. The molecule has 0 bridgehead atoms. The van der Waals surface area contributed by atoms with Crippen LogP contribution in [0, 0.1) is 0 Å². The van der Waals surface area contributed by atoms with Gasteiger partial charge in [0, 0.05) is 24.1 Å². The van der Waals surface area contributed by atoms with Crippen LogP contribution in [0.15, 0.2) is 41.0 Å². The predicted octanol–water partition coefficient (Wildman–Crippen LogP) is 2.02. The van der Waals surface area contributed by atoms with Crippen LogP contribution in [-0.4, -0.2) is 24.1 Å². The van der Waals surface area contributed by atoms with Gasteiger partial charge in [0.15, 0.2) is 0 Å². The molecule has 0 aromatic heterocycles. The van der Waals surface area contributed by atoms with Crippen molar-refractivity contribution in [2.24, 2.45) is 0 Å². The van der Waals surface area contributed by atoms with Gasteiger partial charge in [-0.25, -0.2) is 0 Å². The molecule has 2 aliphatic carbocycles. The minimum atomic E-state index is 0.0693. The molecule has 0 unspecified atom stereocenters. The van der Waals surface area contributed by atoms with Gasteiger partial charge in [0.1, 0.15) is 5.75 Å². The Balaban J connectivity index is 2.39. The molecular formula is C15H13ClOSi2. The molecular weight excluding hydrogens is 288 g/mol. The first kappa shape index (κ1) is 13.0. The van der Waals surface area contributed by atoms with Crippen molar-refractivity contribution < 1.29 is 5.11 Å². The number of phenolic OH excluding ortho intramolecular Hbond substituents is 1. The number of rotatable bonds is 2. The highest BCUT2D eigenvalue weighted by molar-refractivity contribution is 6.67. The van der Waals surface area contributed by atoms with Gasteiger partial charge in [0.2, 0.25) is 0 Å². The second-order valence-corrected chi connectivity index (χ2v) is 8.24. The van der Waals surface area contributed by atoms with E-state index in [1.807, 2.05) is 18.2 Å². The van der Waals surface area contributed by atoms with Gasteiger partial charge in [-0.2, -0.15) is 0 Å². The van der Waals surface area contributed by atoms with Crippen LogP contribution in [0.1, 0.15) is 0 Å². The highest BCUT2D eigenvalue weighted by Crippen LogP contribution is 2.46. The predicted molar refractivity (Wildman–Crippen MR) is 83.2 cm³/mol. The van der Waals surface area contributed by atoms with Gasteiger partial charge in [-0.05, 0) is 50.5 Å². The van der Waals surface area contributed by atoms with Crippen LogP contribution in [0.4, 0.5) is 0 Å². The molecule has 4 heteroatoms. The van der Waals surface area contributed by atoms with Crippen LogP contribution in [0.25, 0.3) is 11.6 Å². The van der Waals surface area contributed by atoms with Gasteiger partial charge in [-0.1, -0.05) is 36.8 Å². The minimum absolute atomic E-state index is 0.0693. The van der Waals surface area contributed by atoms with Crippen LogP contribution in [0.2, 0.25) is 17.8 Å². The largest absolute Gasteiger partial charge is 0.508 e. The minimum Gasteiger partial charge on any atom is -0.508 e. The van der Waals surface area contributed by atoms with E-state index in [-0.39, 0.29) is 4.66 Å². The maximum Gasteiger partial charge on any atom is 0.116 e. The molecule has 0 fully saturated rings. The molecule has 1 nitrogen and oxygen atoms in total. The van der Waals surface area contributed by atoms with Gasteiger partial charge < -0.3 is 5.11 Å². The van der Waals surface area contributed by atoms with E-state index < -0.39 is 0 Å². The maximum atomic E-state index is 9.64. The van der Waals surface area contributed by atoms with Gasteiger partial charge in [-0.15, -0.1) is 0 Å². The van der Waals surface area contributed by atoms with E-state index in [9.17, 15) is 5.11 Å². The molecule has 1 aromatic carbocycles. The average Bonchev–Trinajstić information content (AvgIpc) is 2.74. The van der Waals surface area contributed by atoms with Crippen molar-refractivity contribution >= 4 is 42.3 Å². The quantitative estimate of drug-likeness (QED) is 0.829. The first-order valence-corrected chi connectivity index (χ1v) is 9.51. The van der Waals surface area contributed by atoms with E-state index in [0.29, 0.717) is 5.75 Å². The molecule has 0 spiro atoms. The fourth-order valence-corrected chi connectivity index (χ4v) is 5.96. The molecule has 0 saturated heterocycles. The lowest BCUT2D eigenvalue weighted by atomic mass is 9.98. The Labute approximate surface area is 122 Å². The lowest BCUT2D eigenvalue weighted by molar-refractivity contribution is 0.474. The monoisotopic (exact) mass is 300 g/mol. The van der Waals surface area contributed by atoms with Crippen LogP contribution in [0.5, 0.6) is 5.75 Å². The standard InChI is InChI=1S/C15H13ClOSi2/c1-18-15(19-2)8-11(16)6-10-5-9-7-12(17)3-4-13(9)14(10)15/h3-8,17H,1-2H3. The third-order valence-corrected chi connectivity index (χ3v) is 7.82. The number of halogens is 1. The molecule has 0 heterocycles. The maximum absolute atomic E-state index is 9.64. The van der Waals surface area contributed by atoms with Gasteiger partial charge in [0.05, 0.1) is 0 Å². The number of benzene rings is 1. The Kier molecular flexibility index (Phi) is 3.08. The SMILES string of the molecule is C[Si]C1([Si]C)C=C(Cl)C=C2C=c3cc(O)ccc3=C21. The van der Waals surface area contributed by atoms with Crippen molar-refractivity contribution in [3.63, 3.8) is 0 Å². The smallest absolute Gasteiger partial charge is 0.116 e. The van der Waals surface area contributed by atoms with Crippen molar-refractivity contribution in [3.05, 3.63) is 51.4 Å². The Morgan fingerprint density at radius 3 is 2.58 bits per heavy atom. The second kappa shape index (κ2) is 4.51. The van der Waals surface area contributed by atoms with Crippen LogP contribution in [0.3, 0.4) is 0 Å². The molecule has 4 radical (unpaired) electrons. The zero-order chi connectivity index (χ0) is 13.6. The summed E-state index contributed by atoms with van der Waals surface area (Å²) in [4.78, 5) is 0. The van der Waals surface area contributed by atoms with Crippen molar-refractivity contribution in [1.29, 1.82) is 0 Å². The summed E-state index contributed by atoms with van der Waals surface area (Å²) in [6.45, 7) is 4.48. The third-order valence-electron chi connectivity index (χ3n) is 3.73. The number of fused-ring (bicyclic) bond motifs is 2. The van der Waals surface area contributed by atoms with Gasteiger partial charge in [0.25, 0.3) is 0 Å². The highest BCUT2D eigenvalue weighted by atomic mass is 35.5. The van der Waals surface area contributed by atoms with Gasteiger partial charge >= 0.3 is 0 Å². The van der Waals surface area contributed by atoms with Crippen molar-refractivity contribution in [1.82, 2.24) is 0 Å². The van der Waals surface area contributed by atoms with E-state index in [1.54, 1.807) is 6.07 Å². The number of hydrogen-bond donors (Lipinski definition) is 1. The Morgan fingerprint density at radius 1 is 1.16 bits per heavy atom. The highest BCUT2D eigenvalue weighted by Gasteiger charge is 2.35. The van der Waals surface area contributed by atoms with Crippen LogP contribution < -0.4 is 10.4 Å². The summed E-state index contributed by atoms with van der Waals surface area (Å²) >= 11 is 6.31. The molecule has 2 aliphatic rings. The van der Waals surface area contributed by atoms with E-state index in [2.05, 4.69) is 25.2 Å². The molecule has 1 aromatic rings. The average molecular weight is 301 g/mol. The Hall–Kier alpha value is -1.04.